The van der Waals surface area contributed by atoms with E-state index in [-0.39, 0.29) is 5.78 Å². The van der Waals surface area contributed by atoms with E-state index in [4.69, 9.17) is 0 Å². The fraction of sp³-hybridized carbons (Fsp3) is 0.333. The van der Waals surface area contributed by atoms with Gasteiger partial charge in [-0.25, -0.2) is 0 Å². The Morgan fingerprint density at radius 2 is 2.33 bits per heavy atom. The third-order valence-electron chi connectivity index (χ3n) is 3.58. The van der Waals surface area contributed by atoms with Gasteiger partial charge in [-0.15, -0.1) is 0 Å². The van der Waals surface area contributed by atoms with E-state index < -0.39 is 0 Å². The summed E-state index contributed by atoms with van der Waals surface area (Å²) in [5, 5.41) is 5.41. The number of carbonyl (C=O) groups is 1. The van der Waals surface area contributed by atoms with Crippen molar-refractivity contribution in [2.45, 2.75) is 25.3 Å². The third-order valence-corrected chi connectivity index (χ3v) is 3.58. The molecule has 0 aliphatic carbocycles. The number of hydrogen-bond donors (Lipinski definition) is 1. The Labute approximate surface area is 106 Å². The van der Waals surface area contributed by atoms with Crippen LogP contribution in [0.15, 0.2) is 36.7 Å². The first kappa shape index (κ1) is 11.4. The molecule has 3 nitrogen and oxygen atoms in total. The number of ketones is 1. The fourth-order valence-electron chi connectivity index (χ4n) is 2.63. The minimum atomic E-state index is 0.228. The quantitative estimate of drug-likeness (QED) is 0.838. The maximum Gasteiger partial charge on any atom is 0.165 e. The highest BCUT2D eigenvalue weighted by atomic mass is 16.1. The van der Waals surface area contributed by atoms with Crippen molar-refractivity contribution in [2.75, 3.05) is 6.54 Å². The lowest BCUT2D eigenvalue weighted by Crippen LogP contribution is -2.24. The smallest absolute Gasteiger partial charge is 0.165 e. The molecular formula is C15H16N2O. The number of nitrogens with one attached hydrogen (secondary N) is 1. The number of Topliss-reactive ketones (excluding diaryl/α,β-unsaturated/α-hetero) is 1. The first-order valence-corrected chi connectivity index (χ1v) is 6.44. The van der Waals surface area contributed by atoms with Crippen molar-refractivity contribution in [3.63, 3.8) is 0 Å². The van der Waals surface area contributed by atoms with E-state index in [1.54, 1.807) is 12.4 Å². The van der Waals surface area contributed by atoms with E-state index in [1.165, 1.54) is 6.42 Å². The van der Waals surface area contributed by atoms with Crippen molar-refractivity contribution in [3.05, 3.63) is 42.2 Å². The Hall–Kier alpha value is -1.74. The van der Waals surface area contributed by atoms with Gasteiger partial charge in [0.2, 0.25) is 0 Å². The predicted molar refractivity (Wildman–Crippen MR) is 71.7 cm³/mol. The summed E-state index contributed by atoms with van der Waals surface area (Å²) < 4.78 is 0. The number of hydrogen-bond acceptors (Lipinski definition) is 3. The molecule has 1 aromatic carbocycles. The second kappa shape index (κ2) is 4.86. The zero-order valence-corrected chi connectivity index (χ0v) is 10.2. The third kappa shape index (κ3) is 2.14. The molecular weight excluding hydrogens is 224 g/mol. The number of fused-ring (bicyclic) bond motifs is 1. The Morgan fingerprint density at radius 3 is 3.17 bits per heavy atom. The molecule has 1 fully saturated rings. The lowest BCUT2D eigenvalue weighted by Gasteiger charge is -2.10. The molecule has 1 saturated heterocycles. The summed E-state index contributed by atoms with van der Waals surface area (Å²) in [4.78, 5) is 16.4. The average molecular weight is 240 g/mol. The molecule has 1 atom stereocenters. The molecule has 0 amide bonds. The molecule has 92 valence electrons. The van der Waals surface area contributed by atoms with E-state index in [2.05, 4.69) is 10.3 Å². The van der Waals surface area contributed by atoms with Gasteiger partial charge in [0.15, 0.2) is 5.78 Å². The number of nitrogens with zero attached hydrogens (tertiary/aromatic N) is 1. The molecule has 1 aromatic heterocycles. The van der Waals surface area contributed by atoms with Gasteiger partial charge < -0.3 is 5.32 Å². The average Bonchev–Trinajstić information content (AvgIpc) is 2.91. The minimum absolute atomic E-state index is 0.228. The summed E-state index contributed by atoms with van der Waals surface area (Å²) in [6.07, 6.45) is 6.43. The molecule has 2 aromatic rings. The number of rotatable bonds is 3. The lowest BCUT2D eigenvalue weighted by molar-refractivity contribution is 0.0973. The summed E-state index contributed by atoms with van der Waals surface area (Å²) in [7, 11) is 0. The van der Waals surface area contributed by atoms with Gasteiger partial charge in [0, 0.05) is 35.8 Å². The molecule has 0 radical (unpaired) electrons. The van der Waals surface area contributed by atoms with Crippen molar-refractivity contribution in [3.8, 4) is 0 Å². The topological polar surface area (TPSA) is 42.0 Å². The summed E-state index contributed by atoms with van der Waals surface area (Å²) >= 11 is 0. The van der Waals surface area contributed by atoms with Crippen LogP contribution in [-0.2, 0) is 0 Å². The van der Waals surface area contributed by atoms with Gasteiger partial charge in [-0.3, -0.25) is 9.78 Å². The lowest BCUT2D eigenvalue weighted by atomic mass is 9.98. The van der Waals surface area contributed by atoms with Gasteiger partial charge in [0.25, 0.3) is 0 Å². The summed E-state index contributed by atoms with van der Waals surface area (Å²) in [5.41, 5.74) is 0.823. The normalized spacial score (nSPS) is 19.2. The molecule has 0 spiro atoms. The van der Waals surface area contributed by atoms with E-state index in [0.29, 0.717) is 12.5 Å². The molecule has 3 rings (SSSR count). The van der Waals surface area contributed by atoms with Crippen LogP contribution >= 0.6 is 0 Å². The van der Waals surface area contributed by atoms with Crippen LogP contribution in [0, 0.1) is 0 Å². The second-order valence-corrected chi connectivity index (χ2v) is 4.82. The van der Waals surface area contributed by atoms with Gasteiger partial charge >= 0.3 is 0 Å². The van der Waals surface area contributed by atoms with Crippen LogP contribution < -0.4 is 5.32 Å². The Balaban J connectivity index is 1.91. The molecule has 0 saturated carbocycles. The van der Waals surface area contributed by atoms with E-state index in [0.717, 1.165) is 29.3 Å². The van der Waals surface area contributed by atoms with Crippen LogP contribution in [-0.4, -0.2) is 23.4 Å². The van der Waals surface area contributed by atoms with Crippen LogP contribution in [0.5, 0.6) is 0 Å². The summed E-state index contributed by atoms with van der Waals surface area (Å²) in [6.45, 7) is 1.04. The van der Waals surface area contributed by atoms with Crippen LogP contribution in [0.1, 0.15) is 29.6 Å². The fourth-order valence-corrected chi connectivity index (χ4v) is 2.63. The van der Waals surface area contributed by atoms with Crippen molar-refractivity contribution in [1.82, 2.24) is 10.3 Å². The van der Waals surface area contributed by atoms with E-state index in [9.17, 15) is 4.79 Å². The maximum absolute atomic E-state index is 12.4. The maximum atomic E-state index is 12.4. The van der Waals surface area contributed by atoms with Gasteiger partial charge in [-0.1, -0.05) is 18.2 Å². The molecule has 1 aliphatic rings. The minimum Gasteiger partial charge on any atom is -0.314 e. The molecule has 1 aliphatic heterocycles. The SMILES string of the molecule is O=C(CC1CCCN1)c1cccc2cnccc12. The molecule has 18 heavy (non-hydrogen) atoms. The van der Waals surface area contributed by atoms with E-state index in [1.807, 2.05) is 24.3 Å². The highest BCUT2D eigenvalue weighted by Crippen LogP contribution is 2.20. The number of aromatic nitrogens is 1. The molecule has 0 bridgehead atoms. The van der Waals surface area contributed by atoms with Crippen molar-refractivity contribution >= 4 is 16.6 Å². The Bertz CT molecular complexity index is 568. The highest BCUT2D eigenvalue weighted by Gasteiger charge is 2.19. The first-order valence-electron chi connectivity index (χ1n) is 6.44. The monoisotopic (exact) mass is 240 g/mol. The van der Waals surface area contributed by atoms with Crippen LogP contribution in [0.4, 0.5) is 0 Å². The zero-order valence-electron chi connectivity index (χ0n) is 10.2. The van der Waals surface area contributed by atoms with Crippen molar-refractivity contribution < 1.29 is 4.79 Å². The van der Waals surface area contributed by atoms with Gasteiger partial charge in [-0.2, -0.15) is 0 Å². The standard InChI is InChI=1S/C15H16N2O/c18-15(9-12-4-2-7-17-12)14-5-1-3-11-10-16-8-6-13(11)14/h1,3,5-6,8,10,12,17H,2,4,7,9H2. The molecule has 1 N–H and O–H groups in total. The first-order chi connectivity index (χ1) is 8.84. The second-order valence-electron chi connectivity index (χ2n) is 4.82. The Morgan fingerprint density at radius 1 is 1.39 bits per heavy atom. The number of benzene rings is 1. The summed E-state index contributed by atoms with van der Waals surface area (Å²) in [6, 6.07) is 8.12. The number of carbonyl (C=O) groups excluding carboxylic acids is 1. The zero-order chi connectivity index (χ0) is 12.4. The van der Waals surface area contributed by atoms with Crippen LogP contribution in [0.2, 0.25) is 0 Å². The van der Waals surface area contributed by atoms with Gasteiger partial charge in [0.1, 0.15) is 0 Å². The van der Waals surface area contributed by atoms with Crippen LogP contribution in [0.25, 0.3) is 10.8 Å². The molecule has 2 heterocycles. The Kier molecular flexibility index (Phi) is 3.07. The predicted octanol–water partition coefficient (Wildman–Crippen LogP) is 2.56. The van der Waals surface area contributed by atoms with Gasteiger partial charge in [-0.05, 0) is 30.8 Å². The van der Waals surface area contributed by atoms with Crippen molar-refractivity contribution in [1.29, 1.82) is 0 Å². The van der Waals surface area contributed by atoms with Crippen molar-refractivity contribution in [2.24, 2.45) is 0 Å². The van der Waals surface area contributed by atoms with Gasteiger partial charge in [0.05, 0.1) is 0 Å². The number of pyridine rings is 1. The van der Waals surface area contributed by atoms with E-state index >= 15 is 0 Å². The van der Waals surface area contributed by atoms with Crippen LogP contribution in [0.3, 0.4) is 0 Å². The molecule has 1 unspecified atom stereocenters. The summed E-state index contributed by atoms with van der Waals surface area (Å²) in [5.74, 6) is 0.228. The largest absolute Gasteiger partial charge is 0.314 e. The molecule has 3 heteroatoms. The highest BCUT2D eigenvalue weighted by molar-refractivity contribution is 6.08.